The van der Waals surface area contributed by atoms with Crippen LogP contribution in [0.15, 0.2) is 24.3 Å². The van der Waals surface area contributed by atoms with Crippen LogP contribution in [0.2, 0.25) is 0 Å². The van der Waals surface area contributed by atoms with Gasteiger partial charge in [-0.1, -0.05) is 49.9 Å². The molecule has 1 aromatic rings. The van der Waals surface area contributed by atoms with Crippen molar-refractivity contribution in [2.24, 2.45) is 5.73 Å². The van der Waals surface area contributed by atoms with Crippen LogP contribution in [0.3, 0.4) is 0 Å². The van der Waals surface area contributed by atoms with Gasteiger partial charge in [0.05, 0.1) is 6.61 Å². The van der Waals surface area contributed by atoms with E-state index in [1.54, 1.807) is 6.92 Å². The number of nitrogens with one attached hydrogen (secondary N) is 4. The second-order valence-electron chi connectivity index (χ2n) is 6.94. The molecule has 0 atom stereocenters. The van der Waals surface area contributed by atoms with E-state index in [0.29, 0.717) is 12.3 Å². The van der Waals surface area contributed by atoms with Crippen molar-refractivity contribution in [1.82, 2.24) is 10.6 Å². The first-order valence-electron chi connectivity index (χ1n) is 10.1. The first-order valence-corrected chi connectivity index (χ1v) is 10.1. The van der Waals surface area contributed by atoms with Crippen molar-refractivity contribution >= 4 is 11.7 Å². The highest BCUT2D eigenvalue weighted by Crippen LogP contribution is 2.07. The molecule has 0 aliphatic carbocycles. The first kappa shape index (κ1) is 23.1. The number of unbranched alkanes of at least 4 members (excludes halogenated alkanes) is 5. The number of hydrogen-bond donors (Lipinski definition) is 5. The van der Waals surface area contributed by atoms with Gasteiger partial charge in [-0.05, 0) is 50.4 Å². The van der Waals surface area contributed by atoms with Gasteiger partial charge in [0.15, 0.2) is 5.96 Å². The Morgan fingerprint density at radius 3 is 2.11 bits per heavy atom. The van der Waals surface area contributed by atoms with E-state index in [1.807, 2.05) is 24.3 Å². The summed E-state index contributed by atoms with van der Waals surface area (Å²) in [5.41, 5.74) is 7.95. The highest BCUT2D eigenvalue weighted by molar-refractivity contribution is 5.96. The Kier molecular flexibility index (Phi) is 13.0. The van der Waals surface area contributed by atoms with Crippen LogP contribution in [0.4, 0.5) is 0 Å². The summed E-state index contributed by atoms with van der Waals surface area (Å²) in [6.45, 7) is 6.10. The van der Waals surface area contributed by atoms with Crippen molar-refractivity contribution in [1.29, 1.82) is 10.8 Å². The molecule has 0 radical (unpaired) electrons. The van der Waals surface area contributed by atoms with Crippen LogP contribution in [0, 0.1) is 10.8 Å². The standard InChI is InChI=1S/C21H37N5O/c1-18(22)20-11-9-19(10-12-20)17-27-16-8-14-25-13-6-4-2-3-5-7-15-26-21(23)24/h9-12,22,25H,2-8,13-17H2,1H3,(H4,23,24,26). The third-order valence-corrected chi connectivity index (χ3v) is 4.39. The summed E-state index contributed by atoms with van der Waals surface area (Å²) >= 11 is 0. The number of ether oxygens (including phenoxy) is 1. The summed E-state index contributed by atoms with van der Waals surface area (Å²) in [6, 6.07) is 8.02. The molecule has 1 aromatic carbocycles. The molecule has 0 aliphatic rings. The molecule has 27 heavy (non-hydrogen) atoms. The van der Waals surface area contributed by atoms with E-state index < -0.39 is 0 Å². The molecule has 6 nitrogen and oxygen atoms in total. The molecule has 0 aromatic heterocycles. The van der Waals surface area contributed by atoms with Gasteiger partial charge in [-0.15, -0.1) is 0 Å². The summed E-state index contributed by atoms with van der Waals surface area (Å²) in [6.07, 6.45) is 8.36. The molecule has 0 saturated heterocycles. The average molecular weight is 376 g/mol. The Morgan fingerprint density at radius 2 is 1.48 bits per heavy atom. The molecule has 1 rings (SSSR count). The van der Waals surface area contributed by atoms with Gasteiger partial charge in [0.2, 0.25) is 0 Å². The normalized spacial score (nSPS) is 10.7. The van der Waals surface area contributed by atoms with E-state index in [1.165, 1.54) is 32.1 Å². The molecular formula is C21H37N5O. The molecule has 0 spiro atoms. The van der Waals surface area contributed by atoms with Crippen molar-refractivity contribution in [3.8, 4) is 0 Å². The van der Waals surface area contributed by atoms with Crippen LogP contribution in [-0.4, -0.2) is 37.9 Å². The maximum atomic E-state index is 7.59. The first-order chi connectivity index (χ1) is 13.1. The number of benzene rings is 1. The monoisotopic (exact) mass is 375 g/mol. The molecule has 0 amide bonds. The van der Waals surface area contributed by atoms with Gasteiger partial charge < -0.3 is 26.5 Å². The lowest BCUT2D eigenvalue weighted by Gasteiger charge is -2.07. The van der Waals surface area contributed by atoms with Crippen LogP contribution in [0.1, 0.15) is 63.0 Å². The van der Waals surface area contributed by atoms with Gasteiger partial charge in [-0.2, -0.15) is 0 Å². The van der Waals surface area contributed by atoms with Crippen molar-refractivity contribution in [2.75, 3.05) is 26.2 Å². The molecule has 152 valence electrons. The highest BCUT2D eigenvalue weighted by atomic mass is 16.5. The fourth-order valence-corrected chi connectivity index (χ4v) is 2.77. The van der Waals surface area contributed by atoms with E-state index >= 15 is 0 Å². The summed E-state index contributed by atoms with van der Waals surface area (Å²) < 4.78 is 5.71. The van der Waals surface area contributed by atoms with E-state index in [4.69, 9.17) is 21.3 Å². The van der Waals surface area contributed by atoms with Crippen molar-refractivity contribution in [2.45, 2.75) is 58.5 Å². The molecule has 0 heterocycles. The predicted octanol–water partition coefficient (Wildman–Crippen LogP) is 3.39. The zero-order chi connectivity index (χ0) is 19.7. The minimum absolute atomic E-state index is 0.0688. The largest absolute Gasteiger partial charge is 0.377 e. The Morgan fingerprint density at radius 1 is 0.889 bits per heavy atom. The van der Waals surface area contributed by atoms with Crippen molar-refractivity contribution in [3.05, 3.63) is 35.4 Å². The smallest absolute Gasteiger partial charge is 0.185 e. The molecule has 0 saturated carbocycles. The molecule has 6 N–H and O–H groups in total. The van der Waals surface area contributed by atoms with Crippen molar-refractivity contribution < 1.29 is 4.74 Å². The average Bonchev–Trinajstić information content (AvgIpc) is 2.65. The fourth-order valence-electron chi connectivity index (χ4n) is 2.77. The number of rotatable bonds is 16. The molecule has 0 fully saturated rings. The zero-order valence-electron chi connectivity index (χ0n) is 16.8. The highest BCUT2D eigenvalue weighted by Gasteiger charge is 1.97. The third kappa shape index (κ3) is 13.0. The van der Waals surface area contributed by atoms with Crippen molar-refractivity contribution in [3.63, 3.8) is 0 Å². The lowest BCUT2D eigenvalue weighted by atomic mass is 10.1. The molecular weight excluding hydrogens is 338 g/mol. The van der Waals surface area contributed by atoms with Gasteiger partial charge in [-0.25, -0.2) is 0 Å². The van der Waals surface area contributed by atoms with Gasteiger partial charge >= 0.3 is 0 Å². The molecule has 0 bridgehead atoms. The van der Waals surface area contributed by atoms with E-state index in [0.717, 1.165) is 50.2 Å². The predicted molar refractivity (Wildman–Crippen MR) is 114 cm³/mol. The second kappa shape index (κ2) is 15.2. The molecule has 0 aliphatic heterocycles. The minimum Gasteiger partial charge on any atom is -0.377 e. The van der Waals surface area contributed by atoms with Gasteiger partial charge in [-0.3, -0.25) is 5.41 Å². The van der Waals surface area contributed by atoms with Crippen LogP contribution in [0.25, 0.3) is 0 Å². The maximum absolute atomic E-state index is 7.59. The van der Waals surface area contributed by atoms with E-state index in [9.17, 15) is 0 Å². The Bertz CT molecular complexity index is 530. The lowest BCUT2D eigenvalue weighted by Crippen LogP contribution is -2.30. The summed E-state index contributed by atoms with van der Waals surface area (Å²) in [5, 5.41) is 21.0. The number of hydrogen-bond acceptors (Lipinski definition) is 4. The minimum atomic E-state index is 0.0688. The van der Waals surface area contributed by atoms with E-state index in [-0.39, 0.29) is 5.96 Å². The lowest BCUT2D eigenvalue weighted by molar-refractivity contribution is 0.118. The maximum Gasteiger partial charge on any atom is 0.185 e. The third-order valence-electron chi connectivity index (χ3n) is 4.39. The summed E-state index contributed by atoms with van der Waals surface area (Å²) in [7, 11) is 0. The van der Waals surface area contributed by atoms with Crippen LogP contribution in [0.5, 0.6) is 0 Å². The quantitative estimate of drug-likeness (QED) is 0.173. The van der Waals surface area contributed by atoms with Gasteiger partial charge in [0.25, 0.3) is 0 Å². The summed E-state index contributed by atoms with van der Waals surface area (Å²) in [5.74, 6) is 0.0688. The second-order valence-corrected chi connectivity index (χ2v) is 6.94. The SMILES string of the molecule is CC(=N)c1ccc(COCCCNCCCCCCCCNC(=N)N)cc1. The Balaban J connectivity index is 1.82. The van der Waals surface area contributed by atoms with Gasteiger partial charge in [0, 0.05) is 18.9 Å². The number of guanidine groups is 1. The van der Waals surface area contributed by atoms with E-state index in [2.05, 4.69) is 10.6 Å². The zero-order valence-corrected chi connectivity index (χ0v) is 16.8. The summed E-state index contributed by atoms with van der Waals surface area (Å²) in [4.78, 5) is 0. The Labute approximate surface area is 164 Å². The van der Waals surface area contributed by atoms with Crippen LogP contribution in [-0.2, 0) is 11.3 Å². The molecule has 6 heteroatoms. The number of nitrogens with two attached hydrogens (primary N) is 1. The molecule has 0 unspecified atom stereocenters. The fraction of sp³-hybridized carbons (Fsp3) is 0.619. The topological polar surface area (TPSA) is 107 Å². The van der Waals surface area contributed by atoms with Crippen LogP contribution >= 0.6 is 0 Å². The van der Waals surface area contributed by atoms with Crippen LogP contribution < -0.4 is 16.4 Å². The Hall–Kier alpha value is -1.92. The van der Waals surface area contributed by atoms with Gasteiger partial charge in [0.1, 0.15) is 0 Å².